The fourth-order valence-corrected chi connectivity index (χ4v) is 1.83. The van der Waals surface area contributed by atoms with E-state index in [1.807, 2.05) is 6.92 Å². The molecule has 0 saturated carbocycles. The van der Waals surface area contributed by atoms with Crippen molar-refractivity contribution in [3.8, 4) is 0 Å². The number of halogens is 1. The molecular weight excluding hydrogens is 243 g/mol. The lowest BCUT2D eigenvalue weighted by atomic mass is 10.2. The van der Waals surface area contributed by atoms with E-state index in [9.17, 15) is 13.4 Å². The summed E-state index contributed by atoms with van der Waals surface area (Å²) in [6.07, 6.45) is 0. The van der Waals surface area contributed by atoms with Gasteiger partial charge in [0.15, 0.2) is 0 Å². The van der Waals surface area contributed by atoms with Crippen molar-refractivity contribution in [3.63, 3.8) is 0 Å². The summed E-state index contributed by atoms with van der Waals surface area (Å²) in [5.41, 5.74) is 5.59. The van der Waals surface area contributed by atoms with Crippen LogP contribution >= 0.6 is 0 Å². The Morgan fingerprint density at radius 3 is 2.82 bits per heavy atom. The van der Waals surface area contributed by atoms with Gasteiger partial charge in [0.05, 0.1) is 5.69 Å². The molecule has 0 spiro atoms. The molecule has 1 rings (SSSR count). The summed E-state index contributed by atoms with van der Waals surface area (Å²) in [4.78, 5) is 11.6. The van der Waals surface area contributed by atoms with Gasteiger partial charge < -0.3 is 11.1 Å². The summed E-state index contributed by atoms with van der Waals surface area (Å²) >= 11 is 0. The van der Waals surface area contributed by atoms with Gasteiger partial charge in [-0.2, -0.15) is 0 Å². The lowest BCUT2D eigenvalue weighted by molar-refractivity contribution is 0.0956. The molecule has 3 N–H and O–H groups in total. The molecule has 0 aliphatic rings. The average Bonchev–Trinajstić information content (AvgIpc) is 2.32. The lowest BCUT2D eigenvalue weighted by Crippen LogP contribution is -2.28. The van der Waals surface area contributed by atoms with E-state index in [1.165, 1.54) is 12.1 Å². The third kappa shape index (κ3) is 4.14. The number of carbonyl (C=O) groups excluding carboxylic acids is 1. The molecule has 1 aromatic rings. The number of anilines is 1. The molecule has 1 aromatic carbocycles. The predicted octanol–water partition coefficient (Wildman–Crippen LogP) is 0.906. The summed E-state index contributed by atoms with van der Waals surface area (Å²) in [6.45, 7) is 2.15. The van der Waals surface area contributed by atoms with Crippen LogP contribution < -0.4 is 11.1 Å². The minimum atomic E-state index is -0.907. The van der Waals surface area contributed by atoms with Crippen LogP contribution in [-0.4, -0.2) is 28.2 Å². The number of rotatable bonds is 5. The first-order valence-electron chi connectivity index (χ1n) is 5.22. The maximum atomic E-state index is 12.9. The van der Waals surface area contributed by atoms with E-state index < -0.39 is 16.6 Å². The quantitative estimate of drug-likeness (QED) is 0.771. The maximum absolute atomic E-state index is 12.9. The van der Waals surface area contributed by atoms with E-state index >= 15 is 0 Å². The average molecular weight is 258 g/mol. The SMILES string of the molecule is CCS(=O)CCNC(=O)c1ccc(F)c(N)c1. The molecule has 94 valence electrons. The van der Waals surface area contributed by atoms with Crippen molar-refractivity contribution in [1.82, 2.24) is 5.32 Å². The number of benzene rings is 1. The van der Waals surface area contributed by atoms with Crippen molar-refractivity contribution in [2.24, 2.45) is 0 Å². The highest BCUT2D eigenvalue weighted by atomic mass is 32.2. The molecule has 6 heteroatoms. The molecule has 0 aromatic heterocycles. The Bertz CT molecular complexity index is 437. The maximum Gasteiger partial charge on any atom is 0.251 e. The van der Waals surface area contributed by atoms with Crippen LogP contribution in [0.5, 0.6) is 0 Å². The summed E-state index contributed by atoms with van der Waals surface area (Å²) in [5, 5.41) is 2.60. The van der Waals surface area contributed by atoms with E-state index in [4.69, 9.17) is 5.73 Å². The van der Waals surface area contributed by atoms with Gasteiger partial charge in [-0.25, -0.2) is 4.39 Å². The lowest BCUT2D eigenvalue weighted by Gasteiger charge is -2.05. The molecule has 0 aliphatic carbocycles. The summed E-state index contributed by atoms with van der Waals surface area (Å²) in [7, 11) is -0.907. The van der Waals surface area contributed by atoms with Gasteiger partial charge >= 0.3 is 0 Å². The Labute approximate surface area is 102 Å². The molecule has 0 fully saturated rings. The molecule has 0 saturated heterocycles. The Morgan fingerprint density at radius 2 is 2.24 bits per heavy atom. The highest BCUT2D eigenvalue weighted by Gasteiger charge is 2.07. The van der Waals surface area contributed by atoms with E-state index in [1.54, 1.807) is 0 Å². The van der Waals surface area contributed by atoms with Crippen molar-refractivity contribution in [1.29, 1.82) is 0 Å². The van der Waals surface area contributed by atoms with Crippen molar-refractivity contribution >= 4 is 22.4 Å². The summed E-state index contributed by atoms with van der Waals surface area (Å²) in [6, 6.07) is 3.79. The summed E-state index contributed by atoms with van der Waals surface area (Å²) in [5.74, 6) is 0.0941. The first kappa shape index (κ1) is 13.6. The van der Waals surface area contributed by atoms with E-state index in [-0.39, 0.29) is 11.6 Å². The highest BCUT2D eigenvalue weighted by molar-refractivity contribution is 7.84. The van der Waals surface area contributed by atoms with Crippen molar-refractivity contribution < 1.29 is 13.4 Å². The van der Waals surface area contributed by atoms with Crippen LogP contribution in [0, 0.1) is 5.82 Å². The number of nitrogens with one attached hydrogen (secondary N) is 1. The molecule has 0 aliphatic heterocycles. The molecule has 4 nitrogen and oxygen atoms in total. The normalized spacial score (nSPS) is 12.1. The van der Waals surface area contributed by atoms with Crippen LogP contribution in [0.4, 0.5) is 10.1 Å². The van der Waals surface area contributed by atoms with Gasteiger partial charge in [-0.3, -0.25) is 9.00 Å². The molecule has 1 unspecified atom stereocenters. The Balaban J connectivity index is 2.52. The van der Waals surface area contributed by atoms with Crippen molar-refractivity contribution in [3.05, 3.63) is 29.6 Å². The van der Waals surface area contributed by atoms with Crippen molar-refractivity contribution in [2.75, 3.05) is 23.8 Å². The largest absolute Gasteiger partial charge is 0.396 e. The van der Waals surface area contributed by atoms with Gasteiger partial charge in [-0.15, -0.1) is 0 Å². The minimum absolute atomic E-state index is 0.0604. The third-order valence-electron chi connectivity index (χ3n) is 2.20. The van der Waals surface area contributed by atoms with Crippen LogP contribution in [0.1, 0.15) is 17.3 Å². The molecule has 1 atom stereocenters. The monoisotopic (exact) mass is 258 g/mol. The van der Waals surface area contributed by atoms with Crippen LogP contribution in [0.25, 0.3) is 0 Å². The molecule has 0 radical (unpaired) electrons. The minimum Gasteiger partial charge on any atom is -0.396 e. The van der Waals surface area contributed by atoms with Crippen molar-refractivity contribution in [2.45, 2.75) is 6.92 Å². The van der Waals surface area contributed by atoms with Gasteiger partial charge in [0, 0.05) is 34.4 Å². The summed E-state index contributed by atoms with van der Waals surface area (Å²) < 4.78 is 24.0. The number of nitrogen functional groups attached to an aromatic ring is 1. The predicted molar refractivity (Wildman–Crippen MR) is 66.7 cm³/mol. The Hall–Kier alpha value is -1.43. The zero-order valence-electron chi connectivity index (χ0n) is 9.53. The van der Waals surface area contributed by atoms with Crippen LogP contribution in [-0.2, 0) is 10.8 Å². The number of nitrogens with two attached hydrogens (primary N) is 1. The third-order valence-corrected chi connectivity index (χ3v) is 3.50. The zero-order chi connectivity index (χ0) is 12.8. The number of hydrogen-bond acceptors (Lipinski definition) is 3. The first-order chi connectivity index (χ1) is 8.04. The van der Waals surface area contributed by atoms with E-state index in [0.29, 0.717) is 23.6 Å². The fraction of sp³-hybridized carbons (Fsp3) is 0.364. The molecular formula is C11H15FN2O2S. The second kappa shape index (κ2) is 6.34. The Morgan fingerprint density at radius 1 is 1.53 bits per heavy atom. The Kier molecular flexibility index (Phi) is 5.09. The van der Waals surface area contributed by atoms with Gasteiger partial charge in [0.1, 0.15) is 5.82 Å². The molecule has 17 heavy (non-hydrogen) atoms. The van der Waals surface area contributed by atoms with E-state index in [0.717, 1.165) is 6.07 Å². The first-order valence-corrected chi connectivity index (χ1v) is 6.71. The number of hydrogen-bond donors (Lipinski definition) is 2. The van der Waals surface area contributed by atoms with Crippen LogP contribution in [0.2, 0.25) is 0 Å². The van der Waals surface area contributed by atoms with Crippen LogP contribution in [0.15, 0.2) is 18.2 Å². The van der Waals surface area contributed by atoms with Gasteiger partial charge in [0.2, 0.25) is 0 Å². The molecule has 1 amide bonds. The topological polar surface area (TPSA) is 72.2 Å². The molecule has 0 bridgehead atoms. The standard InChI is InChI=1S/C11H15FN2O2S/c1-2-17(16)6-5-14-11(15)8-3-4-9(12)10(13)7-8/h3-4,7H,2,5-6,13H2,1H3,(H,14,15). The molecule has 0 heterocycles. The van der Waals surface area contributed by atoms with Gasteiger partial charge in [-0.05, 0) is 18.2 Å². The fourth-order valence-electron chi connectivity index (χ4n) is 1.21. The van der Waals surface area contributed by atoms with Gasteiger partial charge in [0.25, 0.3) is 5.91 Å². The van der Waals surface area contributed by atoms with Crippen LogP contribution in [0.3, 0.4) is 0 Å². The second-order valence-corrected chi connectivity index (χ2v) is 5.29. The van der Waals surface area contributed by atoms with Gasteiger partial charge in [-0.1, -0.05) is 6.92 Å². The number of carbonyl (C=O) groups is 1. The second-order valence-electron chi connectivity index (χ2n) is 3.42. The van der Waals surface area contributed by atoms with E-state index in [2.05, 4.69) is 5.32 Å². The highest BCUT2D eigenvalue weighted by Crippen LogP contribution is 2.11. The number of amides is 1. The zero-order valence-corrected chi connectivity index (χ0v) is 10.3. The smallest absolute Gasteiger partial charge is 0.251 e.